The molecule has 0 saturated carbocycles. The lowest BCUT2D eigenvalue weighted by molar-refractivity contribution is -0.118. The van der Waals surface area contributed by atoms with Crippen LogP contribution >= 0.6 is 15.9 Å². The standard InChI is InChI=1S/C26H23BrN2O5/c1-2-22(24(30)28-23-13-15(27)11-12-20(23)25(31)32)29-26(33)34-14-21-18-9-5-3-7-16(18)17-8-4-6-10-19(17)21/h3-13,21-22H,2,14H2,1H3,(H,28,30)(H,29,33)(H,31,32)/t22-/m0/s1. The van der Waals surface area contributed by atoms with E-state index in [2.05, 4.69) is 38.7 Å². The van der Waals surface area contributed by atoms with Crippen LogP contribution in [0.5, 0.6) is 0 Å². The number of ether oxygens (including phenoxy) is 1. The van der Waals surface area contributed by atoms with E-state index in [-0.39, 0.29) is 23.8 Å². The third-order valence-electron chi connectivity index (χ3n) is 5.83. The summed E-state index contributed by atoms with van der Waals surface area (Å²) in [6.07, 6.45) is -0.413. The number of carboxylic acid groups (broad SMARTS) is 1. The van der Waals surface area contributed by atoms with E-state index < -0.39 is 24.0 Å². The van der Waals surface area contributed by atoms with Gasteiger partial charge in [-0.15, -0.1) is 0 Å². The van der Waals surface area contributed by atoms with Crippen LogP contribution in [0.1, 0.15) is 40.7 Å². The normalized spacial score (nSPS) is 12.9. The Balaban J connectivity index is 1.41. The van der Waals surface area contributed by atoms with E-state index in [4.69, 9.17) is 4.74 Å². The summed E-state index contributed by atoms with van der Waals surface area (Å²) in [7, 11) is 0. The Morgan fingerprint density at radius 3 is 2.21 bits per heavy atom. The maximum absolute atomic E-state index is 12.8. The number of aromatic carboxylic acids is 1. The molecule has 0 aliphatic heterocycles. The smallest absolute Gasteiger partial charge is 0.407 e. The van der Waals surface area contributed by atoms with Crippen molar-refractivity contribution < 1.29 is 24.2 Å². The highest BCUT2D eigenvalue weighted by atomic mass is 79.9. The van der Waals surface area contributed by atoms with Crippen molar-refractivity contribution in [1.82, 2.24) is 5.32 Å². The molecule has 0 radical (unpaired) electrons. The van der Waals surface area contributed by atoms with E-state index in [1.54, 1.807) is 13.0 Å². The van der Waals surface area contributed by atoms with Crippen LogP contribution in [0.15, 0.2) is 71.2 Å². The lowest BCUT2D eigenvalue weighted by Gasteiger charge is -2.19. The quantitative estimate of drug-likeness (QED) is 0.385. The molecule has 0 fully saturated rings. The third-order valence-corrected chi connectivity index (χ3v) is 6.32. The van der Waals surface area contributed by atoms with Gasteiger partial charge in [0.15, 0.2) is 0 Å². The summed E-state index contributed by atoms with van der Waals surface area (Å²) >= 11 is 3.27. The van der Waals surface area contributed by atoms with Crippen molar-refractivity contribution in [2.24, 2.45) is 0 Å². The lowest BCUT2D eigenvalue weighted by Crippen LogP contribution is -2.44. The molecular formula is C26H23BrN2O5. The first-order valence-corrected chi connectivity index (χ1v) is 11.6. The topological polar surface area (TPSA) is 105 Å². The van der Waals surface area contributed by atoms with Gasteiger partial charge in [0.25, 0.3) is 0 Å². The van der Waals surface area contributed by atoms with Crippen LogP contribution < -0.4 is 10.6 Å². The largest absolute Gasteiger partial charge is 0.478 e. The predicted octanol–water partition coefficient (Wildman–Crippen LogP) is 5.40. The zero-order valence-corrected chi connectivity index (χ0v) is 20.0. The summed E-state index contributed by atoms with van der Waals surface area (Å²) in [6, 6.07) is 19.6. The SMILES string of the molecule is CC[C@H](NC(=O)OCC1c2ccccc2-c2ccccc21)C(=O)Nc1cc(Br)ccc1C(=O)O. The minimum absolute atomic E-state index is 0.0486. The molecule has 0 spiro atoms. The van der Waals surface area contributed by atoms with Gasteiger partial charge in [0.2, 0.25) is 5.91 Å². The molecule has 34 heavy (non-hydrogen) atoms. The molecule has 8 heteroatoms. The molecule has 0 unspecified atom stereocenters. The second kappa shape index (κ2) is 10.1. The maximum atomic E-state index is 12.8. The molecule has 4 rings (SSSR count). The minimum atomic E-state index is -1.17. The maximum Gasteiger partial charge on any atom is 0.407 e. The van der Waals surface area contributed by atoms with Gasteiger partial charge >= 0.3 is 12.1 Å². The van der Waals surface area contributed by atoms with Gasteiger partial charge in [0, 0.05) is 10.4 Å². The number of rotatable bonds is 7. The molecular weight excluding hydrogens is 500 g/mol. The molecule has 3 aromatic rings. The van der Waals surface area contributed by atoms with E-state index in [0.29, 0.717) is 10.9 Å². The average molecular weight is 523 g/mol. The van der Waals surface area contributed by atoms with Gasteiger partial charge in [0.05, 0.1) is 11.3 Å². The fraction of sp³-hybridized carbons (Fsp3) is 0.192. The fourth-order valence-electron chi connectivity index (χ4n) is 4.16. The molecule has 0 aromatic heterocycles. The van der Waals surface area contributed by atoms with E-state index in [9.17, 15) is 19.5 Å². The Bertz CT molecular complexity index is 1210. The van der Waals surface area contributed by atoms with Gasteiger partial charge in [0.1, 0.15) is 12.6 Å². The Kier molecular flexibility index (Phi) is 6.98. The molecule has 0 saturated heterocycles. The first kappa shape index (κ1) is 23.5. The van der Waals surface area contributed by atoms with Gasteiger partial charge in [-0.25, -0.2) is 9.59 Å². The molecule has 3 N–H and O–H groups in total. The number of fused-ring (bicyclic) bond motifs is 3. The van der Waals surface area contributed by atoms with Crippen LogP contribution in [0.2, 0.25) is 0 Å². The summed E-state index contributed by atoms with van der Waals surface area (Å²) in [5.74, 6) is -1.79. The number of carbonyl (C=O) groups is 3. The van der Waals surface area contributed by atoms with Crippen LogP contribution in [0.25, 0.3) is 11.1 Å². The molecule has 1 aliphatic rings. The highest BCUT2D eigenvalue weighted by Gasteiger charge is 2.29. The van der Waals surface area contributed by atoms with Crippen molar-refractivity contribution in [3.63, 3.8) is 0 Å². The summed E-state index contributed by atoms with van der Waals surface area (Å²) in [4.78, 5) is 36.8. The summed E-state index contributed by atoms with van der Waals surface area (Å²) < 4.78 is 6.14. The van der Waals surface area contributed by atoms with Crippen molar-refractivity contribution in [2.45, 2.75) is 25.3 Å². The van der Waals surface area contributed by atoms with Crippen LogP contribution in [0.3, 0.4) is 0 Å². The number of halogens is 1. The van der Waals surface area contributed by atoms with Crippen LogP contribution in [-0.2, 0) is 9.53 Å². The van der Waals surface area contributed by atoms with Gasteiger partial charge in [-0.3, -0.25) is 4.79 Å². The first-order valence-electron chi connectivity index (χ1n) is 10.8. The summed E-state index contributed by atoms with van der Waals surface area (Å²) in [5.41, 5.74) is 4.53. The molecule has 0 bridgehead atoms. The van der Waals surface area contributed by atoms with Crippen LogP contribution in [0.4, 0.5) is 10.5 Å². The second-order valence-electron chi connectivity index (χ2n) is 7.92. The highest BCUT2D eigenvalue weighted by molar-refractivity contribution is 9.10. The van der Waals surface area contributed by atoms with Crippen LogP contribution in [-0.4, -0.2) is 35.7 Å². The molecule has 0 heterocycles. The fourth-order valence-corrected chi connectivity index (χ4v) is 4.52. The Morgan fingerprint density at radius 2 is 1.62 bits per heavy atom. The number of carboxylic acids is 1. The number of hydrogen-bond donors (Lipinski definition) is 3. The molecule has 1 aliphatic carbocycles. The molecule has 3 aromatic carbocycles. The number of anilines is 1. The van der Waals surface area contributed by atoms with Gasteiger partial charge in [-0.2, -0.15) is 0 Å². The average Bonchev–Trinajstić information content (AvgIpc) is 3.14. The van der Waals surface area contributed by atoms with Gasteiger partial charge in [-0.05, 0) is 46.9 Å². The number of hydrogen-bond acceptors (Lipinski definition) is 4. The van der Waals surface area contributed by atoms with Crippen molar-refractivity contribution in [3.8, 4) is 11.1 Å². The van der Waals surface area contributed by atoms with Crippen molar-refractivity contribution in [3.05, 3.63) is 87.9 Å². The van der Waals surface area contributed by atoms with E-state index >= 15 is 0 Å². The molecule has 1 atom stereocenters. The number of alkyl carbamates (subject to hydrolysis) is 1. The zero-order chi connectivity index (χ0) is 24.2. The van der Waals surface area contributed by atoms with Crippen molar-refractivity contribution in [1.29, 1.82) is 0 Å². The third kappa shape index (κ3) is 4.82. The Labute approximate surface area is 205 Å². The van der Waals surface area contributed by atoms with E-state index in [0.717, 1.165) is 22.3 Å². The van der Waals surface area contributed by atoms with Crippen LogP contribution in [0, 0.1) is 0 Å². The second-order valence-corrected chi connectivity index (χ2v) is 8.83. The summed E-state index contributed by atoms with van der Waals surface area (Å²) in [6.45, 7) is 1.87. The molecule has 2 amide bonds. The first-order chi connectivity index (χ1) is 16.4. The van der Waals surface area contributed by atoms with Gasteiger partial charge in [-0.1, -0.05) is 71.4 Å². The molecule has 7 nitrogen and oxygen atoms in total. The number of benzene rings is 3. The number of nitrogens with one attached hydrogen (secondary N) is 2. The van der Waals surface area contributed by atoms with Crippen molar-refractivity contribution >= 4 is 39.6 Å². The Hall–Kier alpha value is -3.65. The predicted molar refractivity (Wildman–Crippen MR) is 132 cm³/mol. The highest BCUT2D eigenvalue weighted by Crippen LogP contribution is 2.44. The summed E-state index contributed by atoms with van der Waals surface area (Å²) in [5, 5.41) is 14.5. The Morgan fingerprint density at radius 1 is 1.00 bits per heavy atom. The minimum Gasteiger partial charge on any atom is -0.478 e. The van der Waals surface area contributed by atoms with Gasteiger partial charge < -0.3 is 20.5 Å². The number of amides is 2. The van der Waals surface area contributed by atoms with E-state index in [1.165, 1.54) is 12.1 Å². The zero-order valence-electron chi connectivity index (χ0n) is 18.4. The van der Waals surface area contributed by atoms with E-state index in [1.807, 2.05) is 36.4 Å². The monoisotopic (exact) mass is 522 g/mol. The van der Waals surface area contributed by atoms with Crippen molar-refractivity contribution in [2.75, 3.05) is 11.9 Å². The number of carbonyl (C=O) groups excluding carboxylic acids is 2. The lowest BCUT2D eigenvalue weighted by atomic mass is 9.98. The molecule has 174 valence electrons.